The molecule has 0 N–H and O–H groups in total. The summed E-state index contributed by atoms with van der Waals surface area (Å²) in [6, 6.07) is 0. The van der Waals surface area contributed by atoms with E-state index in [0.29, 0.717) is 5.41 Å². The van der Waals surface area contributed by atoms with Crippen LogP contribution in [0.4, 0.5) is 0 Å². The van der Waals surface area contributed by atoms with E-state index in [2.05, 4.69) is 11.8 Å². The Balaban J connectivity index is 1.87. The zero-order valence-corrected chi connectivity index (χ0v) is 8.55. The first kappa shape index (κ1) is 9.00. The van der Waals surface area contributed by atoms with Crippen molar-refractivity contribution in [1.82, 2.24) is 9.80 Å². The number of nitrogens with zero attached hydrogens (tertiary/aromatic N) is 2. The third kappa shape index (κ3) is 1.46. The monoisotopic (exact) mass is 182 g/mol. The van der Waals surface area contributed by atoms with Crippen LogP contribution in [-0.4, -0.2) is 48.4 Å². The van der Waals surface area contributed by atoms with Crippen LogP contribution < -0.4 is 0 Å². The summed E-state index contributed by atoms with van der Waals surface area (Å²) in [5.74, 6) is 0.237. The van der Waals surface area contributed by atoms with Crippen molar-refractivity contribution in [3.63, 3.8) is 0 Å². The Morgan fingerprint density at radius 2 is 2.08 bits per heavy atom. The van der Waals surface area contributed by atoms with Gasteiger partial charge in [-0.1, -0.05) is 6.92 Å². The lowest BCUT2D eigenvalue weighted by molar-refractivity contribution is -0.140. The third-order valence-electron chi connectivity index (χ3n) is 3.46. The van der Waals surface area contributed by atoms with Crippen LogP contribution in [0.1, 0.15) is 20.3 Å². The molecular formula is C10H18N2O. The Bertz CT molecular complexity index is 221. The Hall–Kier alpha value is -0.570. The Labute approximate surface area is 79.7 Å². The molecule has 1 amide bonds. The van der Waals surface area contributed by atoms with Crippen LogP contribution in [-0.2, 0) is 4.79 Å². The smallest absolute Gasteiger partial charge is 0.219 e. The topological polar surface area (TPSA) is 23.6 Å². The van der Waals surface area contributed by atoms with Gasteiger partial charge >= 0.3 is 0 Å². The van der Waals surface area contributed by atoms with Crippen LogP contribution in [0.2, 0.25) is 0 Å². The largest absolute Gasteiger partial charge is 0.342 e. The molecule has 1 spiro atoms. The molecule has 2 saturated heterocycles. The van der Waals surface area contributed by atoms with Gasteiger partial charge in [0, 0.05) is 32.0 Å². The van der Waals surface area contributed by atoms with Gasteiger partial charge in [0.25, 0.3) is 0 Å². The average molecular weight is 182 g/mol. The summed E-state index contributed by atoms with van der Waals surface area (Å²) in [6.07, 6.45) is 1.28. The Morgan fingerprint density at radius 3 is 2.54 bits per heavy atom. The molecule has 13 heavy (non-hydrogen) atoms. The number of amides is 1. The second-order valence-electron chi connectivity index (χ2n) is 4.49. The molecule has 2 aliphatic rings. The number of carbonyl (C=O) groups is 1. The predicted molar refractivity (Wildman–Crippen MR) is 51.4 cm³/mol. The number of hydrogen-bond acceptors (Lipinski definition) is 2. The normalized spacial score (nSPS) is 26.5. The minimum absolute atomic E-state index is 0.237. The molecule has 74 valence electrons. The van der Waals surface area contributed by atoms with E-state index < -0.39 is 0 Å². The van der Waals surface area contributed by atoms with Crippen LogP contribution >= 0.6 is 0 Å². The molecule has 0 aromatic rings. The summed E-state index contributed by atoms with van der Waals surface area (Å²) in [4.78, 5) is 15.5. The lowest BCUT2D eigenvalue weighted by atomic mass is 9.79. The highest BCUT2D eigenvalue weighted by Gasteiger charge is 2.47. The molecule has 0 aromatic heterocycles. The highest BCUT2D eigenvalue weighted by molar-refractivity contribution is 5.74. The van der Waals surface area contributed by atoms with Crippen LogP contribution in [0.15, 0.2) is 0 Å². The minimum atomic E-state index is 0.237. The summed E-state index contributed by atoms with van der Waals surface area (Å²) in [6.45, 7) is 9.45. The van der Waals surface area contributed by atoms with E-state index in [-0.39, 0.29) is 5.91 Å². The van der Waals surface area contributed by atoms with Crippen molar-refractivity contribution in [2.24, 2.45) is 5.41 Å². The molecule has 0 radical (unpaired) electrons. The first-order valence-corrected chi connectivity index (χ1v) is 5.13. The summed E-state index contributed by atoms with van der Waals surface area (Å²) in [5.41, 5.74) is 0.474. The van der Waals surface area contributed by atoms with Gasteiger partial charge in [0.1, 0.15) is 0 Å². The lowest BCUT2D eigenvalue weighted by Gasteiger charge is -2.47. The molecular weight excluding hydrogens is 164 g/mol. The maximum absolute atomic E-state index is 11.0. The standard InChI is InChI=1S/C10H18N2O/c1-3-11-5-4-10(6-11)7-12(8-10)9(2)13/h3-8H2,1-2H3. The average Bonchev–Trinajstić information content (AvgIpc) is 2.44. The molecule has 2 fully saturated rings. The van der Waals surface area contributed by atoms with Crippen molar-refractivity contribution in [2.45, 2.75) is 20.3 Å². The van der Waals surface area contributed by atoms with Gasteiger partial charge in [0.2, 0.25) is 5.91 Å². The summed E-state index contributed by atoms with van der Waals surface area (Å²) >= 11 is 0. The summed E-state index contributed by atoms with van der Waals surface area (Å²) < 4.78 is 0. The van der Waals surface area contributed by atoms with Crippen molar-refractivity contribution in [1.29, 1.82) is 0 Å². The van der Waals surface area contributed by atoms with Crippen molar-refractivity contribution in [3.8, 4) is 0 Å². The first-order chi connectivity index (χ1) is 6.15. The van der Waals surface area contributed by atoms with Crippen molar-refractivity contribution in [2.75, 3.05) is 32.7 Å². The van der Waals surface area contributed by atoms with Crippen LogP contribution in [0.5, 0.6) is 0 Å². The fourth-order valence-corrected chi connectivity index (χ4v) is 2.54. The van der Waals surface area contributed by atoms with E-state index in [1.165, 1.54) is 19.5 Å². The summed E-state index contributed by atoms with van der Waals surface area (Å²) in [5, 5.41) is 0. The van der Waals surface area contributed by atoms with Crippen LogP contribution in [0.3, 0.4) is 0 Å². The second kappa shape index (κ2) is 2.98. The van der Waals surface area contributed by atoms with Gasteiger partial charge < -0.3 is 9.80 Å². The predicted octanol–water partition coefficient (Wildman–Crippen LogP) is 0.560. The highest BCUT2D eigenvalue weighted by atomic mass is 16.2. The van der Waals surface area contributed by atoms with Crippen LogP contribution in [0.25, 0.3) is 0 Å². The molecule has 3 nitrogen and oxygen atoms in total. The maximum atomic E-state index is 11.0. The van der Waals surface area contributed by atoms with Gasteiger partial charge in [-0.2, -0.15) is 0 Å². The fraction of sp³-hybridized carbons (Fsp3) is 0.900. The SMILES string of the molecule is CCN1CCC2(C1)CN(C(C)=O)C2. The third-order valence-corrected chi connectivity index (χ3v) is 3.46. The minimum Gasteiger partial charge on any atom is -0.342 e. The molecule has 0 aromatic carbocycles. The van der Waals surface area contributed by atoms with Gasteiger partial charge in [-0.3, -0.25) is 4.79 Å². The van der Waals surface area contributed by atoms with E-state index in [4.69, 9.17) is 0 Å². The zero-order chi connectivity index (χ0) is 9.47. The van der Waals surface area contributed by atoms with Gasteiger partial charge in [-0.05, 0) is 19.5 Å². The van der Waals surface area contributed by atoms with Crippen molar-refractivity contribution in [3.05, 3.63) is 0 Å². The zero-order valence-electron chi connectivity index (χ0n) is 8.55. The van der Waals surface area contributed by atoms with Gasteiger partial charge in [-0.15, -0.1) is 0 Å². The lowest BCUT2D eigenvalue weighted by Crippen LogP contribution is -2.58. The molecule has 3 heteroatoms. The molecule has 0 atom stereocenters. The maximum Gasteiger partial charge on any atom is 0.219 e. The van der Waals surface area contributed by atoms with Crippen LogP contribution in [0, 0.1) is 5.41 Å². The number of hydrogen-bond donors (Lipinski definition) is 0. The Morgan fingerprint density at radius 1 is 1.38 bits per heavy atom. The number of rotatable bonds is 1. The van der Waals surface area contributed by atoms with Gasteiger partial charge in [0.15, 0.2) is 0 Å². The molecule has 0 unspecified atom stereocenters. The van der Waals surface area contributed by atoms with E-state index in [1.54, 1.807) is 6.92 Å². The first-order valence-electron chi connectivity index (χ1n) is 5.13. The van der Waals surface area contributed by atoms with E-state index >= 15 is 0 Å². The Kier molecular flexibility index (Phi) is 2.06. The highest BCUT2D eigenvalue weighted by Crippen LogP contribution is 2.39. The van der Waals surface area contributed by atoms with Crippen molar-refractivity contribution < 1.29 is 4.79 Å². The quantitative estimate of drug-likeness (QED) is 0.591. The number of carbonyl (C=O) groups excluding carboxylic acids is 1. The van der Waals surface area contributed by atoms with E-state index in [9.17, 15) is 4.79 Å². The molecule has 2 heterocycles. The molecule has 0 aliphatic carbocycles. The fourth-order valence-electron chi connectivity index (χ4n) is 2.54. The molecule has 2 aliphatic heterocycles. The molecule has 2 rings (SSSR count). The number of likely N-dealkylation sites (tertiary alicyclic amines) is 2. The second-order valence-corrected chi connectivity index (χ2v) is 4.49. The van der Waals surface area contributed by atoms with E-state index in [1.807, 2.05) is 4.90 Å². The van der Waals surface area contributed by atoms with Gasteiger partial charge in [0.05, 0.1) is 0 Å². The summed E-state index contributed by atoms with van der Waals surface area (Å²) in [7, 11) is 0. The molecule has 0 bridgehead atoms. The van der Waals surface area contributed by atoms with Crippen molar-refractivity contribution >= 4 is 5.91 Å². The molecule has 0 saturated carbocycles. The van der Waals surface area contributed by atoms with Gasteiger partial charge in [-0.25, -0.2) is 0 Å². The van der Waals surface area contributed by atoms with E-state index in [0.717, 1.165) is 19.6 Å².